The Morgan fingerprint density at radius 3 is 2.35 bits per heavy atom. The average Bonchev–Trinajstić information content (AvgIpc) is 2.87. The Balaban J connectivity index is 1.86. The predicted octanol–water partition coefficient (Wildman–Crippen LogP) is 5.70. The van der Waals surface area contributed by atoms with Gasteiger partial charge in [-0.25, -0.2) is 8.42 Å². The third-order valence-electron chi connectivity index (χ3n) is 6.55. The van der Waals surface area contributed by atoms with Gasteiger partial charge in [-0.1, -0.05) is 43.7 Å². The van der Waals surface area contributed by atoms with Crippen molar-refractivity contribution in [3.63, 3.8) is 0 Å². The van der Waals surface area contributed by atoms with Crippen molar-refractivity contribution in [2.45, 2.75) is 49.8 Å². The molecule has 0 fully saturated rings. The standard InChI is InChI=1S/C29H31N3O4S/c1-5-6-10-24-26(32(4)25-11-8-7-9-19(25)2)27(33)28(29(34)31-24)37(35,36)22-14-12-21(13-15-22)23-16-17-30-18-20(23)3/h7-9,11-18H,5-6,10H2,1-4H3,(H2,31,33,34). The maximum Gasteiger partial charge on any atom is 0.271 e. The normalized spacial score (nSPS) is 11.5. The zero-order valence-electron chi connectivity index (χ0n) is 21.4. The first-order valence-corrected chi connectivity index (χ1v) is 13.7. The molecule has 37 heavy (non-hydrogen) atoms. The number of pyridine rings is 2. The van der Waals surface area contributed by atoms with E-state index in [2.05, 4.69) is 9.97 Å². The van der Waals surface area contributed by atoms with Gasteiger partial charge >= 0.3 is 0 Å². The first kappa shape index (κ1) is 26.2. The van der Waals surface area contributed by atoms with E-state index in [9.17, 15) is 18.3 Å². The first-order chi connectivity index (χ1) is 17.7. The molecule has 2 N–H and O–H groups in total. The molecule has 8 heteroatoms. The molecule has 192 valence electrons. The molecule has 4 aromatic rings. The van der Waals surface area contributed by atoms with Gasteiger partial charge in [0.2, 0.25) is 9.84 Å². The molecule has 0 unspecified atom stereocenters. The lowest BCUT2D eigenvalue weighted by Gasteiger charge is -2.26. The van der Waals surface area contributed by atoms with Crippen molar-refractivity contribution in [1.29, 1.82) is 0 Å². The summed E-state index contributed by atoms with van der Waals surface area (Å²) in [4.78, 5) is 21.0. The number of rotatable bonds is 8. The van der Waals surface area contributed by atoms with Crippen LogP contribution in [0.3, 0.4) is 0 Å². The molecule has 4 rings (SSSR count). The first-order valence-electron chi connectivity index (χ1n) is 12.2. The van der Waals surface area contributed by atoms with E-state index >= 15 is 0 Å². The molecule has 2 aromatic heterocycles. The molecule has 0 radical (unpaired) electrons. The summed E-state index contributed by atoms with van der Waals surface area (Å²) in [5.74, 6) is -0.547. The molecule has 0 saturated carbocycles. The Kier molecular flexibility index (Phi) is 7.50. The van der Waals surface area contributed by atoms with Crippen LogP contribution in [0.5, 0.6) is 5.75 Å². The van der Waals surface area contributed by atoms with Crippen LogP contribution in [0.2, 0.25) is 0 Å². The minimum Gasteiger partial charge on any atom is -0.504 e. The van der Waals surface area contributed by atoms with E-state index in [0.717, 1.165) is 40.8 Å². The van der Waals surface area contributed by atoms with Gasteiger partial charge in [0.15, 0.2) is 10.6 Å². The van der Waals surface area contributed by atoms with Gasteiger partial charge in [0.05, 0.1) is 4.90 Å². The molecule has 0 aliphatic rings. The van der Waals surface area contributed by atoms with Crippen molar-refractivity contribution in [3.05, 3.63) is 94.2 Å². The van der Waals surface area contributed by atoms with Gasteiger partial charge in [-0.2, -0.15) is 0 Å². The van der Waals surface area contributed by atoms with Gasteiger partial charge in [0.25, 0.3) is 5.56 Å². The molecule has 0 saturated heterocycles. The van der Waals surface area contributed by atoms with E-state index in [1.807, 2.05) is 51.1 Å². The molecule has 2 heterocycles. The lowest BCUT2D eigenvalue weighted by molar-refractivity contribution is 0.455. The van der Waals surface area contributed by atoms with Crippen LogP contribution in [-0.2, 0) is 16.3 Å². The number of unbranched alkanes of at least 4 members (excludes halogenated alkanes) is 1. The Labute approximate surface area is 217 Å². The van der Waals surface area contributed by atoms with Crippen LogP contribution in [-0.4, -0.2) is 30.5 Å². The molecule has 0 atom stereocenters. The third-order valence-corrected chi connectivity index (χ3v) is 8.36. The van der Waals surface area contributed by atoms with Crippen molar-refractivity contribution in [2.24, 2.45) is 0 Å². The van der Waals surface area contributed by atoms with Crippen molar-refractivity contribution in [1.82, 2.24) is 9.97 Å². The zero-order chi connectivity index (χ0) is 26.7. The number of nitrogens with one attached hydrogen (secondary N) is 1. The third kappa shape index (κ3) is 5.02. The Bertz CT molecular complexity index is 1590. The van der Waals surface area contributed by atoms with Gasteiger partial charge in [-0.3, -0.25) is 9.78 Å². The number of aryl methyl sites for hydroxylation is 3. The highest BCUT2D eigenvalue weighted by Crippen LogP contribution is 2.40. The molecule has 0 spiro atoms. The van der Waals surface area contributed by atoms with Crippen LogP contribution < -0.4 is 10.5 Å². The van der Waals surface area contributed by atoms with E-state index in [1.54, 1.807) is 36.5 Å². The summed E-state index contributed by atoms with van der Waals surface area (Å²) in [5, 5.41) is 11.4. The van der Waals surface area contributed by atoms with E-state index in [1.165, 1.54) is 12.1 Å². The van der Waals surface area contributed by atoms with E-state index in [0.29, 0.717) is 12.1 Å². The van der Waals surface area contributed by atoms with Crippen LogP contribution in [0.4, 0.5) is 11.4 Å². The van der Waals surface area contributed by atoms with Crippen LogP contribution in [0.25, 0.3) is 11.1 Å². The van der Waals surface area contributed by atoms with Crippen molar-refractivity contribution in [2.75, 3.05) is 11.9 Å². The lowest BCUT2D eigenvalue weighted by Crippen LogP contribution is -2.24. The summed E-state index contributed by atoms with van der Waals surface area (Å²) >= 11 is 0. The number of hydrogen-bond acceptors (Lipinski definition) is 6. The second-order valence-electron chi connectivity index (χ2n) is 9.13. The highest BCUT2D eigenvalue weighted by molar-refractivity contribution is 7.91. The van der Waals surface area contributed by atoms with Crippen LogP contribution in [0, 0.1) is 13.8 Å². The number of para-hydroxylation sites is 1. The van der Waals surface area contributed by atoms with Crippen LogP contribution in [0.15, 0.2) is 81.6 Å². The summed E-state index contributed by atoms with van der Waals surface area (Å²) in [6.45, 7) is 5.89. The fourth-order valence-corrected chi connectivity index (χ4v) is 5.92. The monoisotopic (exact) mass is 517 g/mol. The molecular formula is C29H31N3O4S. The van der Waals surface area contributed by atoms with E-state index in [-0.39, 0.29) is 10.6 Å². The Hall–Kier alpha value is -3.91. The fraction of sp³-hybridized carbons (Fsp3) is 0.241. The van der Waals surface area contributed by atoms with Crippen molar-refractivity contribution in [3.8, 4) is 16.9 Å². The van der Waals surface area contributed by atoms with Crippen LogP contribution in [0.1, 0.15) is 36.6 Å². The number of H-pyrrole nitrogens is 1. The minimum atomic E-state index is -4.33. The van der Waals surface area contributed by atoms with Gasteiger partial charge in [-0.15, -0.1) is 0 Å². The number of aromatic hydroxyl groups is 1. The summed E-state index contributed by atoms with van der Waals surface area (Å²) < 4.78 is 27.4. The van der Waals surface area contributed by atoms with Crippen molar-refractivity contribution >= 4 is 21.2 Å². The van der Waals surface area contributed by atoms with E-state index < -0.39 is 26.0 Å². The number of sulfone groups is 1. The van der Waals surface area contributed by atoms with Gasteiger partial charge in [0.1, 0.15) is 5.69 Å². The second kappa shape index (κ2) is 10.6. The number of benzene rings is 2. The average molecular weight is 518 g/mol. The number of aromatic amines is 1. The molecule has 7 nitrogen and oxygen atoms in total. The summed E-state index contributed by atoms with van der Waals surface area (Å²) in [5.41, 5.74) is 4.40. The molecule has 0 bridgehead atoms. The lowest BCUT2D eigenvalue weighted by atomic mass is 10.0. The summed E-state index contributed by atoms with van der Waals surface area (Å²) in [6.07, 6.45) is 5.55. The molecular weight excluding hydrogens is 486 g/mol. The second-order valence-corrected chi connectivity index (χ2v) is 11.0. The molecule has 2 aromatic carbocycles. The molecule has 0 aliphatic heterocycles. The largest absolute Gasteiger partial charge is 0.504 e. The van der Waals surface area contributed by atoms with Gasteiger partial charge in [0, 0.05) is 30.8 Å². The zero-order valence-corrected chi connectivity index (χ0v) is 22.3. The van der Waals surface area contributed by atoms with Crippen molar-refractivity contribution < 1.29 is 13.5 Å². The Morgan fingerprint density at radius 2 is 1.70 bits per heavy atom. The topological polar surface area (TPSA) is 103 Å². The van der Waals surface area contributed by atoms with Crippen LogP contribution >= 0.6 is 0 Å². The number of aromatic nitrogens is 2. The maximum atomic E-state index is 13.7. The smallest absolute Gasteiger partial charge is 0.271 e. The molecule has 0 amide bonds. The maximum absolute atomic E-state index is 13.7. The SMILES string of the molecule is CCCCc1[nH]c(=O)c(S(=O)(=O)c2ccc(-c3ccncc3C)cc2)c(O)c1N(C)c1ccccc1C. The Morgan fingerprint density at radius 1 is 1.00 bits per heavy atom. The predicted molar refractivity (Wildman–Crippen MR) is 146 cm³/mol. The highest BCUT2D eigenvalue weighted by atomic mass is 32.2. The quantitative estimate of drug-likeness (QED) is 0.311. The molecule has 0 aliphatic carbocycles. The summed E-state index contributed by atoms with van der Waals surface area (Å²) in [7, 11) is -2.57. The van der Waals surface area contributed by atoms with E-state index in [4.69, 9.17) is 0 Å². The fourth-order valence-electron chi connectivity index (χ4n) is 4.55. The number of anilines is 2. The summed E-state index contributed by atoms with van der Waals surface area (Å²) in [6, 6.07) is 15.8. The highest BCUT2D eigenvalue weighted by Gasteiger charge is 2.31. The van der Waals surface area contributed by atoms with Gasteiger partial charge in [-0.05, 0) is 73.2 Å². The van der Waals surface area contributed by atoms with Gasteiger partial charge < -0.3 is 15.0 Å². The number of hydrogen-bond donors (Lipinski definition) is 2. The minimum absolute atomic E-state index is 0.0745. The number of nitrogens with zero attached hydrogens (tertiary/aromatic N) is 2.